The van der Waals surface area contributed by atoms with Crippen molar-refractivity contribution in [1.29, 1.82) is 0 Å². The summed E-state index contributed by atoms with van der Waals surface area (Å²) in [6, 6.07) is 11.2. The largest absolute Gasteiger partial charge is 0.337 e. The Labute approximate surface area is 128 Å². The summed E-state index contributed by atoms with van der Waals surface area (Å²) in [5.41, 5.74) is 1.49. The van der Waals surface area contributed by atoms with E-state index in [1.165, 1.54) is 18.2 Å². The minimum Gasteiger partial charge on any atom is -0.337 e. The molecule has 0 aliphatic rings. The van der Waals surface area contributed by atoms with Crippen molar-refractivity contribution >= 4 is 32.5 Å². The van der Waals surface area contributed by atoms with Gasteiger partial charge in [-0.3, -0.25) is 10.1 Å². The van der Waals surface area contributed by atoms with Gasteiger partial charge in [0.2, 0.25) is 0 Å². The van der Waals surface area contributed by atoms with E-state index in [2.05, 4.69) is 15.9 Å². The summed E-state index contributed by atoms with van der Waals surface area (Å²) in [6.07, 6.45) is 1.80. The molecular weight excluding hydrogens is 339 g/mol. The smallest absolute Gasteiger partial charge is 0.293 e. The van der Waals surface area contributed by atoms with E-state index in [9.17, 15) is 14.5 Å². The summed E-state index contributed by atoms with van der Waals surface area (Å²) in [4.78, 5) is 10.8. The highest BCUT2D eigenvalue weighted by Gasteiger charge is 2.16. The number of benzene rings is 2. The van der Waals surface area contributed by atoms with Gasteiger partial charge in [-0.05, 0) is 23.8 Å². The first-order valence-corrected chi connectivity index (χ1v) is 7.02. The van der Waals surface area contributed by atoms with Crippen molar-refractivity contribution in [2.45, 2.75) is 6.54 Å². The maximum absolute atomic E-state index is 13.1. The van der Waals surface area contributed by atoms with E-state index < -0.39 is 4.92 Å². The van der Waals surface area contributed by atoms with Crippen LogP contribution in [0.25, 0.3) is 10.9 Å². The van der Waals surface area contributed by atoms with Crippen LogP contribution >= 0.6 is 15.9 Å². The average molecular weight is 349 g/mol. The highest BCUT2D eigenvalue weighted by atomic mass is 79.9. The molecule has 4 nitrogen and oxygen atoms in total. The Hall–Kier alpha value is -2.21. The number of aromatic nitrogens is 1. The van der Waals surface area contributed by atoms with Crippen LogP contribution in [0.2, 0.25) is 0 Å². The van der Waals surface area contributed by atoms with E-state index in [1.54, 1.807) is 22.9 Å². The fourth-order valence-corrected chi connectivity index (χ4v) is 2.83. The Balaban J connectivity index is 2.11. The van der Waals surface area contributed by atoms with Crippen molar-refractivity contribution in [1.82, 2.24) is 4.57 Å². The first kappa shape index (κ1) is 13.8. The molecule has 3 aromatic rings. The number of rotatable bonds is 3. The number of non-ortho nitro benzene ring substituents is 1. The van der Waals surface area contributed by atoms with Crippen molar-refractivity contribution in [2.75, 3.05) is 0 Å². The minimum absolute atomic E-state index is 0.0655. The van der Waals surface area contributed by atoms with Gasteiger partial charge in [0.15, 0.2) is 0 Å². The van der Waals surface area contributed by atoms with Gasteiger partial charge in [0.25, 0.3) is 5.69 Å². The number of nitrogens with zero attached hydrogens (tertiary/aromatic N) is 2. The summed E-state index contributed by atoms with van der Waals surface area (Å²) in [6.45, 7) is 0.426. The second-order valence-corrected chi connectivity index (χ2v) is 5.51. The lowest BCUT2D eigenvalue weighted by Gasteiger charge is -2.08. The molecule has 0 saturated carbocycles. The van der Waals surface area contributed by atoms with Gasteiger partial charge in [-0.25, -0.2) is 4.39 Å². The van der Waals surface area contributed by atoms with Crippen LogP contribution in [0.5, 0.6) is 0 Å². The predicted octanol–water partition coefficient (Wildman–Crippen LogP) is 4.50. The standard InChI is InChI=1S/C15H10BrFN2O2/c16-13-8-12(17)5-4-11(13)9-18-7-6-10-2-1-3-14(15(10)18)19(20)21/h1-8H,9H2. The Morgan fingerprint density at radius 2 is 2.05 bits per heavy atom. The number of halogens is 2. The number of hydrogen-bond donors (Lipinski definition) is 0. The Morgan fingerprint density at radius 3 is 2.76 bits per heavy atom. The summed E-state index contributed by atoms with van der Waals surface area (Å²) in [5, 5.41) is 12.0. The molecule has 0 fully saturated rings. The van der Waals surface area contributed by atoms with E-state index in [4.69, 9.17) is 0 Å². The maximum Gasteiger partial charge on any atom is 0.293 e. The van der Waals surface area contributed by atoms with E-state index >= 15 is 0 Å². The Morgan fingerprint density at radius 1 is 1.24 bits per heavy atom. The van der Waals surface area contributed by atoms with Crippen LogP contribution in [0, 0.1) is 15.9 Å². The van der Waals surface area contributed by atoms with Crippen molar-refractivity contribution in [3.05, 3.63) is 74.6 Å². The van der Waals surface area contributed by atoms with Crippen LogP contribution < -0.4 is 0 Å². The third kappa shape index (κ3) is 2.54. The molecular formula is C15H10BrFN2O2. The molecule has 0 unspecified atom stereocenters. The molecule has 0 spiro atoms. The Bertz CT molecular complexity index is 845. The number of nitro benzene ring substituents is 1. The minimum atomic E-state index is -0.390. The average Bonchev–Trinajstić information content (AvgIpc) is 2.85. The van der Waals surface area contributed by atoms with Crippen molar-refractivity contribution in [3.8, 4) is 0 Å². The molecule has 1 aromatic heterocycles. The third-order valence-electron chi connectivity index (χ3n) is 3.32. The van der Waals surface area contributed by atoms with Gasteiger partial charge in [0.1, 0.15) is 11.3 Å². The molecule has 21 heavy (non-hydrogen) atoms. The van der Waals surface area contributed by atoms with Crippen LogP contribution in [0.15, 0.2) is 53.1 Å². The predicted molar refractivity (Wildman–Crippen MR) is 81.8 cm³/mol. The second kappa shape index (κ2) is 5.29. The van der Waals surface area contributed by atoms with Crippen molar-refractivity contribution in [3.63, 3.8) is 0 Å². The molecule has 0 aliphatic carbocycles. The zero-order valence-corrected chi connectivity index (χ0v) is 12.4. The highest BCUT2D eigenvalue weighted by Crippen LogP contribution is 2.28. The van der Waals surface area contributed by atoms with Crippen molar-refractivity contribution in [2.24, 2.45) is 0 Å². The summed E-state index contributed by atoms with van der Waals surface area (Å²) >= 11 is 3.32. The normalized spacial score (nSPS) is 11.0. The van der Waals surface area contributed by atoms with Gasteiger partial charge in [-0.2, -0.15) is 0 Å². The molecule has 0 N–H and O–H groups in total. The molecule has 0 saturated heterocycles. The van der Waals surface area contributed by atoms with Gasteiger partial charge in [-0.1, -0.05) is 34.1 Å². The summed E-state index contributed by atoms with van der Waals surface area (Å²) in [5.74, 6) is -0.325. The molecule has 2 aromatic carbocycles. The van der Waals surface area contributed by atoms with Gasteiger partial charge >= 0.3 is 0 Å². The van der Waals surface area contributed by atoms with Gasteiger partial charge in [-0.15, -0.1) is 0 Å². The van der Waals surface area contributed by atoms with Crippen LogP contribution in [0.3, 0.4) is 0 Å². The van der Waals surface area contributed by atoms with Gasteiger partial charge < -0.3 is 4.57 Å². The topological polar surface area (TPSA) is 48.1 Å². The fourth-order valence-electron chi connectivity index (χ4n) is 2.35. The van der Waals surface area contributed by atoms with Crippen molar-refractivity contribution < 1.29 is 9.31 Å². The van der Waals surface area contributed by atoms with Crippen LogP contribution in [-0.4, -0.2) is 9.49 Å². The molecule has 0 aliphatic heterocycles. The van der Waals surface area contributed by atoms with Crippen LogP contribution in [0.1, 0.15) is 5.56 Å². The maximum atomic E-state index is 13.1. The molecule has 0 atom stereocenters. The zero-order valence-electron chi connectivity index (χ0n) is 10.8. The highest BCUT2D eigenvalue weighted by molar-refractivity contribution is 9.10. The quantitative estimate of drug-likeness (QED) is 0.516. The van der Waals surface area contributed by atoms with Gasteiger partial charge in [0, 0.05) is 28.7 Å². The third-order valence-corrected chi connectivity index (χ3v) is 4.06. The number of nitro groups is 1. The SMILES string of the molecule is O=[N+]([O-])c1cccc2ccn(Cc3ccc(F)cc3Br)c12. The van der Waals surface area contributed by atoms with E-state index in [0.29, 0.717) is 16.5 Å². The first-order chi connectivity index (χ1) is 10.1. The first-order valence-electron chi connectivity index (χ1n) is 6.22. The molecule has 0 radical (unpaired) electrons. The monoisotopic (exact) mass is 348 g/mol. The van der Waals surface area contributed by atoms with Crippen LogP contribution in [0.4, 0.5) is 10.1 Å². The number of hydrogen-bond acceptors (Lipinski definition) is 2. The van der Waals surface area contributed by atoms with Crippen LogP contribution in [-0.2, 0) is 6.54 Å². The lowest BCUT2D eigenvalue weighted by Crippen LogP contribution is -2.01. The Kier molecular flexibility index (Phi) is 3.47. The molecule has 106 valence electrons. The fraction of sp³-hybridized carbons (Fsp3) is 0.0667. The summed E-state index contributed by atoms with van der Waals surface area (Å²) < 4.78 is 15.6. The number of fused-ring (bicyclic) bond motifs is 1. The van der Waals surface area contributed by atoms with E-state index in [1.807, 2.05) is 12.1 Å². The lowest BCUT2D eigenvalue weighted by atomic mass is 10.2. The molecule has 0 amide bonds. The zero-order chi connectivity index (χ0) is 15.0. The van der Waals surface area contributed by atoms with E-state index in [0.717, 1.165) is 10.9 Å². The molecule has 1 heterocycles. The second-order valence-electron chi connectivity index (χ2n) is 4.65. The number of para-hydroxylation sites is 1. The summed E-state index contributed by atoms with van der Waals surface area (Å²) in [7, 11) is 0. The molecule has 0 bridgehead atoms. The van der Waals surface area contributed by atoms with Gasteiger partial charge in [0.05, 0.1) is 4.92 Å². The molecule has 3 rings (SSSR count). The molecule has 6 heteroatoms. The lowest BCUT2D eigenvalue weighted by molar-refractivity contribution is -0.383. The van der Waals surface area contributed by atoms with E-state index in [-0.39, 0.29) is 11.5 Å².